The van der Waals surface area contributed by atoms with Crippen LogP contribution in [-0.2, 0) is 0 Å². The summed E-state index contributed by atoms with van der Waals surface area (Å²) in [7, 11) is 0. The van der Waals surface area contributed by atoms with E-state index in [4.69, 9.17) is 4.42 Å². The lowest BCUT2D eigenvalue weighted by Gasteiger charge is -2.43. The van der Waals surface area contributed by atoms with E-state index in [9.17, 15) is 0 Å². The molecule has 4 aliphatic rings. The topological polar surface area (TPSA) is 26.1 Å². The number of fused-ring (bicyclic) bond motifs is 16. The van der Waals surface area contributed by atoms with E-state index in [-0.39, 0.29) is 13.4 Å². The maximum atomic E-state index is 7.30. The third-order valence-corrected chi connectivity index (χ3v) is 18.6. The van der Waals surface area contributed by atoms with Gasteiger partial charge in [-0.2, -0.15) is 0 Å². The third-order valence-electron chi connectivity index (χ3n) is 17.3. The van der Waals surface area contributed by atoms with E-state index < -0.39 is 0 Å². The molecule has 0 saturated carbocycles. The highest BCUT2D eigenvalue weighted by Crippen LogP contribution is 2.51. The molecule has 2 aromatic heterocycles. The van der Waals surface area contributed by atoms with Crippen molar-refractivity contribution < 1.29 is 4.42 Å². The molecule has 0 radical (unpaired) electrons. The van der Waals surface area contributed by atoms with Gasteiger partial charge in [-0.3, -0.25) is 0 Å². The van der Waals surface area contributed by atoms with Crippen molar-refractivity contribution in [3.63, 3.8) is 0 Å². The first-order valence-corrected chi connectivity index (χ1v) is 28.4. The monoisotopic (exact) mass is 1030 g/mol. The van der Waals surface area contributed by atoms with Gasteiger partial charge in [0.15, 0.2) is 0 Å². The molecule has 0 saturated heterocycles. The van der Waals surface area contributed by atoms with Crippen LogP contribution in [0.1, 0.15) is 0 Å². The summed E-state index contributed by atoms with van der Waals surface area (Å²) in [4.78, 5) is 9.94. The second kappa shape index (κ2) is 16.7. The number of rotatable bonds is 5. The van der Waals surface area contributed by atoms with Gasteiger partial charge in [-0.25, -0.2) is 0 Å². The van der Waals surface area contributed by atoms with E-state index in [1.165, 1.54) is 86.6 Å². The molecule has 0 N–H and O–H groups in total. The van der Waals surface area contributed by atoms with Gasteiger partial charge in [0.2, 0.25) is 0 Å². The lowest BCUT2D eigenvalue weighted by atomic mass is 9.35. The van der Waals surface area contributed by atoms with Gasteiger partial charge in [-0.1, -0.05) is 170 Å². The maximum Gasteiger partial charge on any atom is 0.297 e. The quantitative estimate of drug-likeness (QED) is 0.160. The molecule has 0 spiro atoms. The molecule has 5 nitrogen and oxygen atoms in total. The predicted octanol–water partition coefficient (Wildman–Crippen LogP) is 15.8. The Kier molecular flexibility index (Phi) is 9.22. The molecule has 12 aromatic carbocycles. The molecule has 4 aliphatic heterocycles. The Morgan fingerprint density at radius 2 is 0.812 bits per heavy atom. The smallest absolute Gasteiger partial charge is 0.297 e. The van der Waals surface area contributed by atoms with Crippen molar-refractivity contribution in [3.05, 3.63) is 267 Å². The normalized spacial score (nSPS) is 13.6. The number of anilines is 12. The van der Waals surface area contributed by atoms with Gasteiger partial charge in [0, 0.05) is 77.1 Å². The van der Waals surface area contributed by atoms with Crippen molar-refractivity contribution in [3.8, 4) is 11.1 Å². The fourth-order valence-corrected chi connectivity index (χ4v) is 15.5. The summed E-state index contributed by atoms with van der Waals surface area (Å²) in [6.07, 6.45) is 0. The first-order valence-electron chi connectivity index (χ1n) is 27.6. The molecule has 8 heteroatoms. The van der Waals surface area contributed by atoms with Crippen LogP contribution in [0.5, 0.6) is 0 Å². The van der Waals surface area contributed by atoms with Gasteiger partial charge in [0.1, 0.15) is 5.58 Å². The summed E-state index contributed by atoms with van der Waals surface area (Å²) in [5.74, 6) is 0. The number of benzene rings is 12. The highest BCUT2D eigenvalue weighted by Gasteiger charge is 2.48. The van der Waals surface area contributed by atoms with Crippen LogP contribution in [0.25, 0.3) is 53.7 Å². The molecule has 0 atom stereocenters. The second-order valence-corrected chi connectivity index (χ2v) is 22.5. The highest BCUT2D eigenvalue weighted by molar-refractivity contribution is 7.34. The van der Waals surface area contributed by atoms with Gasteiger partial charge < -0.3 is 24.0 Å². The number of thiophene rings is 1. The Morgan fingerprint density at radius 3 is 1.50 bits per heavy atom. The Hall–Kier alpha value is -10.0. The summed E-state index contributed by atoms with van der Waals surface area (Å²) < 4.78 is 9.96. The van der Waals surface area contributed by atoms with E-state index in [2.05, 4.69) is 287 Å². The molecule has 0 unspecified atom stereocenters. The molecule has 0 bridgehead atoms. The Morgan fingerprint density at radius 1 is 0.325 bits per heavy atom. The first-order chi connectivity index (χ1) is 39.7. The summed E-state index contributed by atoms with van der Waals surface area (Å²) >= 11 is 1.96. The highest BCUT2D eigenvalue weighted by atomic mass is 32.1. The van der Waals surface area contributed by atoms with Crippen molar-refractivity contribution in [1.29, 1.82) is 0 Å². The molecule has 0 aliphatic carbocycles. The van der Waals surface area contributed by atoms with Gasteiger partial charge in [-0.15, -0.1) is 11.3 Å². The van der Waals surface area contributed by atoms with E-state index in [0.29, 0.717) is 0 Å². The molecule has 0 fully saturated rings. The number of hydrogen-bond acceptors (Lipinski definition) is 6. The zero-order chi connectivity index (χ0) is 52.2. The first kappa shape index (κ1) is 44.0. The van der Waals surface area contributed by atoms with E-state index in [1.807, 2.05) is 11.3 Å². The molecule has 14 aromatic rings. The van der Waals surface area contributed by atoms with Gasteiger partial charge in [0.05, 0.1) is 22.4 Å². The predicted molar refractivity (Wildman–Crippen MR) is 340 cm³/mol. The van der Waals surface area contributed by atoms with Crippen LogP contribution in [-0.4, -0.2) is 13.4 Å². The zero-order valence-corrected chi connectivity index (χ0v) is 44.0. The molecular weight excluding hydrogens is 991 g/mol. The number of para-hydroxylation sites is 5. The third kappa shape index (κ3) is 6.08. The summed E-state index contributed by atoms with van der Waals surface area (Å²) in [6, 6.07) is 98.4. The minimum absolute atomic E-state index is 0.0433. The van der Waals surface area contributed by atoms with Gasteiger partial charge in [0.25, 0.3) is 13.4 Å². The van der Waals surface area contributed by atoms with Crippen LogP contribution >= 0.6 is 11.3 Å². The fraction of sp³-hybridized carbons (Fsp3) is 0. The maximum absolute atomic E-state index is 7.30. The van der Waals surface area contributed by atoms with Crippen molar-refractivity contribution in [2.75, 3.05) is 19.6 Å². The number of nitrogens with zero attached hydrogens (tertiary/aromatic N) is 4. The van der Waals surface area contributed by atoms with E-state index in [1.54, 1.807) is 0 Å². The van der Waals surface area contributed by atoms with Crippen LogP contribution in [0.3, 0.4) is 0 Å². The van der Waals surface area contributed by atoms with Crippen LogP contribution in [0.2, 0.25) is 0 Å². The summed E-state index contributed by atoms with van der Waals surface area (Å²) in [6.45, 7) is -0.0821. The average molecular weight is 1030 g/mol. The Balaban J connectivity index is 0.841. The number of hydrogen-bond donors (Lipinski definition) is 0. The van der Waals surface area contributed by atoms with Crippen LogP contribution in [0.4, 0.5) is 68.2 Å². The lowest BCUT2D eigenvalue weighted by molar-refractivity contribution is 0.651. The van der Waals surface area contributed by atoms with Crippen molar-refractivity contribution >= 4 is 168 Å². The lowest BCUT2D eigenvalue weighted by Crippen LogP contribution is -2.60. The Labute approximate surface area is 467 Å². The van der Waals surface area contributed by atoms with Crippen molar-refractivity contribution in [2.24, 2.45) is 0 Å². The van der Waals surface area contributed by atoms with E-state index in [0.717, 1.165) is 67.7 Å². The van der Waals surface area contributed by atoms with Crippen molar-refractivity contribution in [2.45, 2.75) is 0 Å². The minimum Gasteiger partial charge on any atom is -0.468 e. The zero-order valence-electron chi connectivity index (χ0n) is 43.2. The Bertz CT molecular complexity index is 4900. The minimum atomic E-state index is -0.125. The standard InChI is InChI=1S/C72H44B2N4OS/c1-4-21-49(22-5-1)75-58-31-14-12-29-56(58)73-66-60(75)33-17-35-62(66)78(69-65-53-28-11-10-19-45(53)40-42-64(65)79-71(69)73)52-27-16-20-47(43-52)48-38-37-46-39-41-54-68-72(80-70(54)55(46)44-48)74-57-30-13-15-32-59(57)76(50-23-6-2-7-24-50)61-34-18-36-63(67(61)74)77(68)51-25-8-3-9-26-51/h1-44H. The van der Waals surface area contributed by atoms with Crippen LogP contribution < -0.4 is 51.9 Å². The van der Waals surface area contributed by atoms with Crippen LogP contribution in [0.15, 0.2) is 271 Å². The van der Waals surface area contributed by atoms with E-state index >= 15 is 0 Å². The summed E-state index contributed by atoms with van der Waals surface area (Å²) in [5, 5.41) is 7.24. The van der Waals surface area contributed by atoms with Gasteiger partial charge in [-0.05, 0) is 146 Å². The molecule has 370 valence electrons. The van der Waals surface area contributed by atoms with Crippen molar-refractivity contribution in [1.82, 2.24) is 0 Å². The molecule has 0 amide bonds. The fourth-order valence-electron chi connectivity index (χ4n) is 14.1. The summed E-state index contributed by atoms with van der Waals surface area (Å²) in [5.41, 5.74) is 23.3. The molecule has 80 heavy (non-hydrogen) atoms. The second-order valence-electron chi connectivity index (χ2n) is 21.5. The SMILES string of the molecule is c1ccc(N2c3ccccc3B3c4sc5c(ccc6ccc(-c7cccc(N8c9cccc%10c9B(c9ccccc9N%10c9ccccc9)c9oc%10ccc%11ccccc%11c%10c98)c7)cc65)c4N(c4ccccc4)c4cccc2c43)cc1. The molecule has 18 rings (SSSR count). The van der Waals surface area contributed by atoms with Crippen LogP contribution in [0, 0.1) is 0 Å². The van der Waals surface area contributed by atoms with Gasteiger partial charge >= 0.3 is 0 Å². The molecule has 6 heterocycles. The number of furan rings is 1. The molecular formula is C72H44B2N4OS. The average Bonchev–Trinajstić information content (AvgIpc) is 4.23. The largest absolute Gasteiger partial charge is 0.468 e.